The predicted molar refractivity (Wildman–Crippen MR) is 101 cm³/mol. The van der Waals surface area contributed by atoms with Crippen LogP contribution >= 0.6 is 11.6 Å². The molecule has 0 unspecified atom stereocenters. The lowest BCUT2D eigenvalue weighted by molar-refractivity contribution is 0.102. The van der Waals surface area contributed by atoms with Crippen molar-refractivity contribution in [3.05, 3.63) is 52.7 Å². The quantitative estimate of drug-likeness (QED) is 0.544. The van der Waals surface area contributed by atoms with Crippen LogP contribution in [0.4, 0.5) is 5.69 Å². The third-order valence-corrected chi connectivity index (χ3v) is 4.46. The standard InChI is InChI=1S/C18H15ClN6O2/c1-9-12(8-25(3)23-9)14-7-11(15-10(2)24-27-18(15)22-14)17(26)21-13-5-4-6-20-16(13)19/h4-8H,1-3H3,(H,21,26). The highest BCUT2D eigenvalue weighted by molar-refractivity contribution is 6.32. The highest BCUT2D eigenvalue weighted by Crippen LogP contribution is 2.29. The molecule has 136 valence electrons. The summed E-state index contributed by atoms with van der Waals surface area (Å²) in [7, 11) is 1.83. The molecule has 0 aliphatic heterocycles. The molecule has 0 aromatic carbocycles. The molecule has 0 aliphatic rings. The van der Waals surface area contributed by atoms with Crippen molar-refractivity contribution in [3.63, 3.8) is 0 Å². The van der Waals surface area contributed by atoms with Crippen molar-refractivity contribution in [2.75, 3.05) is 5.32 Å². The molecule has 1 amide bonds. The van der Waals surface area contributed by atoms with E-state index in [9.17, 15) is 4.79 Å². The largest absolute Gasteiger partial charge is 0.335 e. The lowest BCUT2D eigenvalue weighted by atomic mass is 10.1. The Morgan fingerprint density at radius 2 is 2.11 bits per heavy atom. The molecule has 4 aromatic rings. The number of nitrogens with one attached hydrogen (secondary N) is 1. The second-order valence-corrected chi connectivity index (χ2v) is 6.46. The van der Waals surface area contributed by atoms with Crippen LogP contribution < -0.4 is 5.32 Å². The number of carbonyl (C=O) groups is 1. The van der Waals surface area contributed by atoms with Crippen molar-refractivity contribution in [1.29, 1.82) is 0 Å². The van der Waals surface area contributed by atoms with Crippen LogP contribution in [0.15, 0.2) is 35.1 Å². The third-order valence-electron chi connectivity index (χ3n) is 4.16. The van der Waals surface area contributed by atoms with Crippen molar-refractivity contribution in [1.82, 2.24) is 24.9 Å². The van der Waals surface area contributed by atoms with Gasteiger partial charge in [0.05, 0.1) is 33.7 Å². The summed E-state index contributed by atoms with van der Waals surface area (Å²) in [5, 5.41) is 11.8. The molecule has 8 nitrogen and oxygen atoms in total. The Hall–Kier alpha value is -3.26. The first-order valence-electron chi connectivity index (χ1n) is 8.13. The molecule has 0 fully saturated rings. The first-order chi connectivity index (χ1) is 12.9. The van der Waals surface area contributed by atoms with Gasteiger partial charge in [0.2, 0.25) is 0 Å². The molecule has 4 heterocycles. The summed E-state index contributed by atoms with van der Waals surface area (Å²) in [5.41, 5.74) is 3.85. The lowest BCUT2D eigenvalue weighted by Crippen LogP contribution is -2.13. The highest BCUT2D eigenvalue weighted by Gasteiger charge is 2.21. The third kappa shape index (κ3) is 3.04. The minimum Gasteiger partial charge on any atom is -0.335 e. The highest BCUT2D eigenvalue weighted by atomic mass is 35.5. The molecule has 4 rings (SSSR count). The van der Waals surface area contributed by atoms with Crippen LogP contribution in [0.1, 0.15) is 21.7 Å². The number of aromatic nitrogens is 5. The zero-order valence-corrected chi connectivity index (χ0v) is 15.6. The number of carbonyl (C=O) groups excluding carboxylic acids is 1. The fraction of sp³-hybridized carbons (Fsp3) is 0.167. The number of hydrogen-bond acceptors (Lipinski definition) is 6. The van der Waals surface area contributed by atoms with Crippen molar-refractivity contribution in [2.45, 2.75) is 13.8 Å². The number of halogens is 1. The smallest absolute Gasteiger partial charge is 0.259 e. The average molecular weight is 383 g/mol. The molecule has 9 heteroatoms. The Morgan fingerprint density at radius 3 is 2.81 bits per heavy atom. The maximum atomic E-state index is 13.0. The van der Waals surface area contributed by atoms with Crippen molar-refractivity contribution >= 4 is 34.3 Å². The molecule has 0 bridgehead atoms. The average Bonchev–Trinajstić information content (AvgIpc) is 3.18. The summed E-state index contributed by atoms with van der Waals surface area (Å²) in [6, 6.07) is 5.08. The summed E-state index contributed by atoms with van der Waals surface area (Å²) in [6.45, 7) is 3.64. The van der Waals surface area contributed by atoms with Gasteiger partial charge < -0.3 is 9.84 Å². The van der Waals surface area contributed by atoms with Gasteiger partial charge in [-0.2, -0.15) is 5.10 Å². The molecule has 1 N–H and O–H groups in total. The number of amides is 1. The maximum Gasteiger partial charge on any atom is 0.259 e. The van der Waals surface area contributed by atoms with Gasteiger partial charge in [0.25, 0.3) is 11.6 Å². The molecule has 0 aliphatic carbocycles. The van der Waals surface area contributed by atoms with E-state index in [-0.39, 0.29) is 16.8 Å². The Bertz CT molecular complexity index is 1180. The van der Waals surface area contributed by atoms with Gasteiger partial charge in [0.15, 0.2) is 5.15 Å². The zero-order chi connectivity index (χ0) is 19.1. The van der Waals surface area contributed by atoms with E-state index >= 15 is 0 Å². The van der Waals surface area contributed by atoms with Gasteiger partial charge in [-0.1, -0.05) is 16.8 Å². The minimum absolute atomic E-state index is 0.210. The van der Waals surface area contributed by atoms with Gasteiger partial charge in [-0.15, -0.1) is 0 Å². The minimum atomic E-state index is -0.355. The molecule has 0 spiro atoms. The van der Waals surface area contributed by atoms with E-state index in [0.29, 0.717) is 28.0 Å². The maximum absolute atomic E-state index is 13.0. The fourth-order valence-electron chi connectivity index (χ4n) is 2.93. The SMILES string of the molecule is Cc1nn(C)cc1-c1cc(C(=O)Nc2cccnc2Cl)c2c(C)noc2n1. The number of anilines is 1. The Labute approximate surface area is 159 Å². The van der Waals surface area contributed by atoms with Gasteiger partial charge in [-0.3, -0.25) is 9.48 Å². The van der Waals surface area contributed by atoms with Crippen LogP contribution in [0.2, 0.25) is 5.15 Å². The van der Waals surface area contributed by atoms with E-state index < -0.39 is 0 Å². The van der Waals surface area contributed by atoms with Crippen LogP contribution in [-0.4, -0.2) is 30.8 Å². The van der Waals surface area contributed by atoms with Gasteiger partial charge in [0.1, 0.15) is 0 Å². The van der Waals surface area contributed by atoms with E-state index in [2.05, 4.69) is 25.5 Å². The first-order valence-corrected chi connectivity index (χ1v) is 8.51. The van der Waals surface area contributed by atoms with Gasteiger partial charge in [-0.25, -0.2) is 9.97 Å². The number of nitrogens with zero attached hydrogens (tertiary/aromatic N) is 5. The van der Waals surface area contributed by atoms with Crippen LogP contribution in [0.3, 0.4) is 0 Å². The van der Waals surface area contributed by atoms with Gasteiger partial charge >= 0.3 is 0 Å². The van der Waals surface area contributed by atoms with Crippen LogP contribution in [0, 0.1) is 13.8 Å². The lowest BCUT2D eigenvalue weighted by Gasteiger charge is -2.08. The summed E-state index contributed by atoms with van der Waals surface area (Å²) < 4.78 is 7.01. The number of hydrogen-bond donors (Lipinski definition) is 1. The van der Waals surface area contributed by atoms with Crippen LogP contribution in [-0.2, 0) is 7.05 Å². The predicted octanol–water partition coefficient (Wildman–Crippen LogP) is 3.54. The zero-order valence-electron chi connectivity index (χ0n) is 14.8. The Morgan fingerprint density at radius 1 is 1.30 bits per heavy atom. The normalized spacial score (nSPS) is 11.1. The molecule has 0 saturated carbocycles. The number of rotatable bonds is 3. The fourth-order valence-corrected chi connectivity index (χ4v) is 3.10. The van der Waals surface area contributed by atoms with Crippen molar-refractivity contribution in [3.8, 4) is 11.3 Å². The van der Waals surface area contributed by atoms with Crippen LogP contribution in [0.5, 0.6) is 0 Å². The molecule has 0 atom stereocenters. The summed E-state index contributed by atoms with van der Waals surface area (Å²) >= 11 is 6.05. The first kappa shape index (κ1) is 17.2. The molecule has 27 heavy (non-hydrogen) atoms. The summed E-state index contributed by atoms with van der Waals surface area (Å²) in [5.74, 6) is -0.355. The molecular weight excluding hydrogens is 368 g/mol. The van der Waals surface area contributed by atoms with E-state index in [0.717, 1.165) is 11.3 Å². The second-order valence-electron chi connectivity index (χ2n) is 6.10. The van der Waals surface area contributed by atoms with E-state index in [1.54, 1.807) is 36.0 Å². The molecule has 4 aromatic heterocycles. The number of aryl methyl sites for hydroxylation is 3. The van der Waals surface area contributed by atoms with Crippen molar-refractivity contribution < 1.29 is 9.32 Å². The van der Waals surface area contributed by atoms with Crippen LogP contribution in [0.25, 0.3) is 22.4 Å². The molecular formula is C18H15ClN6O2. The summed E-state index contributed by atoms with van der Waals surface area (Å²) in [4.78, 5) is 21.5. The summed E-state index contributed by atoms with van der Waals surface area (Å²) in [6.07, 6.45) is 3.39. The van der Waals surface area contributed by atoms with Gasteiger partial charge in [-0.05, 0) is 32.0 Å². The monoisotopic (exact) mass is 382 g/mol. The Kier molecular flexibility index (Phi) is 4.12. The van der Waals surface area contributed by atoms with Gasteiger partial charge in [0, 0.05) is 25.0 Å². The van der Waals surface area contributed by atoms with E-state index in [4.69, 9.17) is 16.1 Å². The topological polar surface area (TPSA) is 98.7 Å². The van der Waals surface area contributed by atoms with E-state index in [1.807, 2.05) is 20.2 Å². The van der Waals surface area contributed by atoms with E-state index in [1.165, 1.54) is 0 Å². The number of fused-ring (bicyclic) bond motifs is 1. The van der Waals surface area contributed by atoms with Crippen molar-refractivity contribution in [2.24, 2.45) is 7.05 Å². The second kappa shape index (κ2) is 6.48. The Balaban J connectivity index is 1.85. The number of pyridine rings is 2. The molecule has 0 saturated heterocycles. The molecule has 0 radical (unpaired) electrons.